The SMILES string of the molecule is CN1CCN(c2ccc(C(=O)NC3CCC(CCN4CCN(c5nccc6c5OCC6)CC4)CC3)cc2)CC1. The second-order valence-electron chi connectivity index (χ2n) is 11.9. The summed E-state index contributed by atoms with van der Waals surface area (Å²) in [6.07, 6.45) is 8.80. The third-order valence-electron chi connectivity index (χ3n) is 9.29. The Morgan fingerprint density at radius 1 is 0.923 bits per heavy atom. The van der Waals surface area contributed by atoms with Crippen molar-refractivity contribution in [2.45, 2.75) is 44.6 Å². The lowest BCUT2D eigenvalue weighted by molar-refractivity contribution is 0.0919. The molecule has 0 atom stereocenters. The van der Waals surface area contributed by atoms with Crippen LogP contribution >= 0.6 is 0 Å². The van der Waals surface area contributed by atoms with E-state index >= 15 is 0 Å². The van der Waals surface area contributed by atoms with Gasteiger partial charge in [-0.1, -0.05) is 0 Å². The van der Waals surface area contributed by atoms with E-state index in [0.717, 1.165) is 101 Å². The maximum absolute atomic E-state index is 12.9. The number of likely N-dealkylation sites (N-methyl/N-ethyl adjacent to an activating group) is 1. The number of pyridine rings is 1. The van der Waals surface area contributed by atoms with Crippen molar-refractivity contribution in [2.75, 3.05) is 82.4 Å². The van der Waals surface area contributed by atoms with Gasteiger partial charge in [0.25, 0.3) is 5.91 Å². The Hall–Kier alpha value is -2.84. The zero-order chi connectivity index (χ0) is 26.6. The number of ether oxygens (including phenoxy) is 1. The third-order valence-corrected chi connectivity index (χ3v) is 9.29. The van der Waals surface area contributed by atoms with Gasteiger partial charge in [-0.25, -0.2) is 4.98 Å². The van der Waals surface area contributed by atoms with E-state index in [9.17, 15) is 4.79 Å². The highest BCUT2D eigenvalue weighted by Crippen LogP contribution is 2.34. The van der Waals surface area contributed by atoms with E-state index in [-0.39, 0.29) is 5.91 Å². The van der Waals surface area contributed by atoms with Crippen LogP contribution in [-0.2, 0) is 6.42 Å². The average Bonchev–Trinajstić information content (AvgIpc) is 3.47. The van der Waals surface area contributed by atoms with Crippen molar-refractivity contribution in [3.05, 3.63) is 47.7 Å². The second kappa shape index (κ2) is 12.1. The number of nitrogens with one attached hydrogen (secondary N) is 1. The molecular weight excluding hydrogens is 488 g/mol. The maximum atomic E-state index is 12.9. The molecule has 1 saturated carbocycles. The number of hydrogen-bond donors (Lipinski definition) is 1. The van der Waals surface area contributed by atoms with Crippen LogP contribution in [-0.4, -0.2) is 99.3 Å². The summed E-state index contributed by atoms with van der Waals surface area (Å²) in [7, 11) is 2.17. The summed E-state index contributed by atoms with van der Waals surface area (Å²) in [4.78, 5) is 27.3. The van der Waals surface area contributed by atoms with Gasteiger partial charge >= 0.3 is 0 Å². The Bertz CT molecular complexity index is 1100. The molecule has 4 heterocycles. The van der Waals surface area contributed by atoms with Gasteiger partial charge in [-0.2, -0.15) is 0 Å². The van der Waals surface area contributed by atoms with Crippen LogP contribution in [0.15, 0.2) is 36.5 Å². The molecule has 1 aromatic heterocycles. The van der Waals surface area contributed by atoms with Crippen LogP contribution in [0, 0.1) is 5.92 Å². The molecular formula is C31H44N6O2. The van der Waals surface area contributed by atoms with Crippen molar-refractivity contribution in [3.63, 3.8) is 0 Å². The van der Waals surface area contributed by atoms with Crippen molar-refractivity contribution in [2.24, 2.45) is 5.92 Å². The van der Waals surface area contributed by atoms with Gasteiger partial charge in [0, 0.05) is 87.8 Å². The summed E-state index contributed by atoms with van der Waals surface area (Å²) in [6.45, 7) is 10.4. The monoisotopic (exact) mass is 532 g/mol. The van der Waals surface area contributed by atoms with Crippen LogP contribution < -0.4 is 19.9 Å². The minimum atomic E-state index is 0.0743. The van der Waals surface area contributed by atoms with Gasteiger partial charge in [-0.3, -0.25) is 9.69 Å². The lowest BCUT2D eigenvalue weighted by Gasteiger charge is -2.37. The number of amides is 1. The molecule has 39 heavy (non-hydrogen) atoms. The largest absolute Gasteiger partial charge is 0.489 e. The van der Waals surface area contributed by atoms with Crippen LogP contribution in [0.1, 0.15) is 48.0 Å². The molecule has 0 radical (unpaired) electrons. The fraction of sp³-hybridized carbons (Fsp3) is 0.613. The van der Waals surface area contributed by atoms with Gasteiger partial charge in [0.15, 0.2) is 11.6 Å². The highest BCUT2D eigenvalue weighted by Gasteiger charge is 2.27. The Kier molecular flexibility index (Phi) is 8.21. The molecule has 2 saturated heterocycles. The fourth-order valence-corrected chi connectivity index (χ4v) is 6.62. The third kappa shape index (κ3) is 6.33. The van der Waals surface area contributed by atoms with E-state index < -0.39 is 0 Å². The normalized spacial score (nSPS) is 24.3. The maximum Gasteiger partial charge on any atom is 0.251 e. The average molecular weight is 533 g/mol. The summed E-state index contributed by atoms with van der Waals surface area (Å²) in [5.74, 6) is 2.89. The second-order valence-corrected chi connectivity index (χ2v) is 11.9. The smallest absolute Gasteiger partial charge is 0.251 e. The Balaban J connectivity index is 0.894. The van der Waals surface area contributed by atoms with Crippen LogP contribution in [0.3, 0.4) is 0 Å². The van der Waals surface area contributed by atoms with Crippen LogP contribution in [0.2, 0.25) is 0 Å². The van der Waals surface area contributed by atoms with Crippen molar-refractivity contribution in [3.8, 4) is 5.75 Å². The number of aromatic nitrogens is 1. The molecule has 2 aromatic rings. The van der Waals surface area contributed by atoms with Gasteiger partial charge in [0.05, 0.1) is 6.61 Å². The highest BCUT2D eigenvalue weighted by atomic mass is 16.5. The van der Waals surface area contributed by atoms with Gasteiger partial charge in [-0.05, 0) is 81.9 Å². The van der Waals surface area contributed by atoms with E-state index in [4.69, 9.17) is 4.74 Å². The number of carbonyl (C=O) groups is 1. The molecule has 4 aliphatic rings. The van der Waals surface area contributed by atoms with E-state index in [2.05, 4.69) is 55.1 Å². The van der Waals surface area contributed by atoms with Crippen molar-refractivity contribution in [1.29, 1.82) is 0 Å². The Labute approximate surface area is 233 Å². The first-order valence-corrected chi connectivity index (χ1v) is 15.0. The number of hydrogen-bond acceptors (Lipinski definition) is 7. The molecule has 0 bridgehead atoms. The standard InChI is InChI=1S/C31H44N6O2/c1-34-15-19-36(20-16-34)28-8-4-26(5-9-28)31(38)33-27-6-2-24(3-7-27)11-14-35-17-21-37(22-18-35)30-29-25(10-13-32-30)12-23-39-29/h4-5,8-10,13,24,27H,2-3,6-7,11-12,14-23H2,1H3,(H,33,38). The number of carbonyl (C=O) groups excluding carboxylic acids is 1. The minimum absolute atomic E-state index is 0.0743. The molecule has 8 nitrogen and oxygen atoms in total. The Morgan fingerprint density at radius 3 is 2.38 bits per heavy atom. The van der Waals surface area contributed by atoms with E-state index in [1.54, 1.807) is 0 Å². The summed E-state index contributed by atoms with van der Waals surface area (Å²) in [5, 5.41) is 3.31. The first-order chi connectivity index (χ1) is 19.1. The van der Waals surface area contributed by atoms with E-state index in [0.29, 0.717) is 6.04 Å². The van der Waals surface area contributed by atoms with Gasteiger partial charge in [-0.15, -0.1) is 0 Å². The topological polar surface area (TPSA) is 64.2 Å². The lowest BCUT2D eigenvalue weighted by atomic mass is 9.84. The molecule has 6 rings (SSSR count). The van der Waals surface area contributed by atoms with Crippen molar-refractivity contribution in [1.82, 2.24) is 20.1 Å². The molecule has 8 heteroatoms. The number of rotatable bonds is 7. The molecule has 0 unspecified atom stereocenters. The molecule has 3 fully saturated rings. The van der Waals surface area contributed by atoms with Gasteiger partial charge in [0.1, 0.15) is 0 Å². The fourth-order valence-electron chi connectivity index (χ4n) is 6.62. The zero-order valence-corrected chi connectivity index (χ0v) is 23.5. The molecule has 210 valence electrons. The van der Waals surface area contributed by atoms with Crippen molar-refractivity contribution >= 4 is 17.4 Å². The van der Waals surface area contributed by atoms with E-state index in [1.165, 1.54) is 37.1 Å². The molecule has 1 amide bonds. The van der Waals surface area contributed by atoms with Gasteiger partial charge < -0.3 is 24.8 Å². The number of piperazine rings is 2. The molecule has 0 spiro atoms. The quantitative estimate of drug-likeness (QED) is 0.587. The first-order valence-electron chi connectivity index (χ1n) is 15.0. The number of fused-ring (bicyclic) bond motifs is 1. The Morgan fingerprint density at radius 2 is 1.64 bits per heavy atom. The van der Waals surface area contributed by atoms with E-state index in [1.807, 2.05) is 18.3 Å². The summed E-state index contributed by atoms with van der Waals surface area (Å²) >= 11 is 0. The first kappa shape index (κ1) is 26.4. The van der Waals surface area contributed by atoms with Crippen LogP contribution in [0.25, 0.3) is 0 Å². The predicted molar refractivity (Wildman–Crippen MR) is 156 cm³/mol. The molecule has 1 N–H and O–H groups in total. The van der Waals surface area contributed by atoms with Gasteiger partial charge in [0.2, 0.25) is 0 Å². The number of benzene rings is 1. The molecule has 1 aliphatic carbocycles. The predicted octanol–water partition coefficient (Wildman–Crippen LogP) is 3.27. The lowest BCUT2D eigenvalue weighted by Crippen LogP contribution is -2.47. The number of anilines is 2. The summed E-state index contributed by atoms with van der Waals surface area (Å²) in [5.41, 5.74) is 3.29. The molecule has 3 aliphatic heterocycles. The minimum Gasteiger partial charge on any atom is -0.489 e. The molecule has 1 aromatic carbocycles. The summed E-state index contributed by atoms with van der Waals surface area (Å²) in [6, 6.07) is 10.6. The van der Waals surface area contributed by atoms with Crippen LogP contribution in [0.4, 0.5) is 11.5 Å². The summed E-state index contributed by atoms with van der Waals surface area (Å²) < 4.78 is 5.88. The van der Waals surface area contributed by atoms with Crippen LogP contribution in [0.5, 0.6) is 5.75 Å². The van der Waals surface area contributed by atoms with Crippen molar-refractivity contribution < 1.29 is 9.53 Å². The number of nitrogens with zero attached hydrogens (tertiary/aromatic N) is 5. The zero-order valence-electron chi connectivity index (χ0n) is 23.5. The highest BCUT2D eigenvalue weighted by molar-refractivity contribution is 5.94.